The van der Waals surface area contributed by atoms with Crippen LogP contribution in [-0.2, 0) is 0 Å². The fraction of sp³-hybridized carbons (Fsp3) is 0.150. The van der Waals surface area contributed by atoms with Crippen LogP contribution in [0.15, 0.2) is 54.7 Å². The van der Waals surface area contributed by atoms with Crippen LogP contribution in [0, 0.1) is 18.6 Å². The van der Waals surface area contributed by atoms with Gasteiger partial charge >= 0.3 is 0 Å². The van der Waals surface area contributed by atoms with E-state index in [1.165, 1.54) is 12.3 Å². The highest BCUT2D eigenvalue weighted by atomic mass is 19.1. The number of benzene rings is 2. The molecule has 3 aromatic rings. The van der Waals surface area contributed by atoms with Crippen molar-refractivity contribution in [2.24, 2.45) is 0 Å². The Labute approximate surface area is 155 Å². The third kappa shape index (κ3) is 4.25. The second-order valence-electron chi connectivity index (χ2n) is 5.90. The molecule has 0 aliphatic carbocycles. The van der Waals surface area contributed by atoms with Crippen molar-refractivity contribution >= 4 is 23.2 Å². The number of aryl methyl sites for hydroxylation is 1. The maximum absolute atomic E-state index is 13.8. The minimum Gasteiger partial charge on any atom is -0.318 e. The highest BCUT2D eigenvalue weighted by Gasteiger charge is 2.15. The largest absolute Gasteiger partial charge is 0.318 e. The number of carbonyl (C=O) groups excluding carboxylic acids is 1. The van der Waals surface area contributed by atoms with E-state index >= 15 is 0 Å². The van der Waals surface area contributed by atoms with Crippen LogP contribution in [0.1, 0.15) is 23.0 Å². The van der Waals surface area contributed by atoms with E-state index in [1.807, 2.05) is 43.0 Å². The highest BCUT2D eigenvalue weighted by Crippen LogP contribution is 2.23. The standard InChI is InChI=1S/C20H18F2N4O/c1-3-26(15-6-4-5-13(2)11-15)20-23-10-9-18(25-20)19(27)24-17-8-7-14(21)12-16(17)22/h4-12H,3H2,1-2H3,(H,24,27). The van der Waals surface area contributed by atoms with Gasteiger partial charge in [-0.05, 0) is 49.7 Å². The van der Waals surface area contributed by atoms with Gasteiger partial charge in [-0.1, -0.05) is 12.1 Å². The van der Waals surface area contributed by atoms with Gasteiger partial charge in [0.1, 0.15) is 17.3 Å². The summed E-state index contributed by atoms with van der Waals surface area (Å²) in [5.74, 6) is -1.82. The van der Waals surface area contributed by atoms with Crippen LogP contribution in [0.25, 0.3) is 0 Å². The highest BCUT2D eigenvalue weighted by molar-refractivity contribution is 6.03. The number of nitrogens with zero attached hydrogens (tertiary/aromatic N) is 3. The molecule has 1 amide bonds. The van der Waals surface area contributed by atoms with Gasteiger partial charge in [0.25, 0.3) is 5.91 Å². The summed E-state index contributed by atoms with van der Waals surface area (Å²) in [4.78, 5) is 22.8. The Morgan fingerprint density at radius 2 is 1.96 bits per heavy atom. The molecule has 0 aliphatic heterocycles. The van der Waals surface area contributed by atoms with Gasteiger partial charge in [0.15, 0.2) is 0 Å². The predicted octanol–water partition coefficient (Wildman–Crippen LogP) is 4.47. The molecule has 0 bridgehead atoms. The van der Waals surface area contributed by atoms with E-state index in [0.717, 1.165) is 23.4 Å². The maximum Gasteiger partial charge on any atom is 0.274 e. The van der Waals surface area contributed by atoms with Gasteiger partial charge in [-0.15, -0.1) is 0 Å². The number of carbonyl (C=O) groups is 1. The molecule has 7 heteroatoms. The van der Waals surface area contributed by atoms with Crippen molar-refractivity contribution in [3.63, 3.8) is 0 Å². The van der Waals surface area contributed by atoms with Gasteiger partial charge in [0.05, 0.1) is 5.69 Å². The quantitative estimate of drug-likeness (QED) is 0.722. The summed E-state index contributed by atoms with van der Waals surface area (Å²) >= 11 is 0. The second-order valence-corrected chi connectivity index (χ2v) is 5.90. The average Bonchev–Trinajstić information content (AvgIpc) is 2.65. The van der Waals surface area contributed by atoms with Crippen LogP contribution in [0.3, 0.4) is 0 Å². The zero-order chi connectivity index (χ0) is 19.4. The first-order valence-corrected chi connectivity index (χ1v) is 8.41. The molecule has 0 radical (unpaired) electrons. The third-order valence-electron chi connectivity index (χ3n) is 3.93. The second kappa shape index (κ2) is 7.90. The van der Waals surface area contributed by atoms with E-state index in [9.17, 15) is 13.6 Å². The monoisotopic (exact) mass is 368 g/mol. The van der Waals surface area contributed by atoms with Gasteiger partial charge < -0.3 is 10.2 Å². The molecule has 0 saturated heterocycles. The minimum atomic E-state index is -0.854. The molecule has 0 atom stereocenters. The third-order valence-corrected chi connectivity index (χ3v) is 3.93. The summed E-state index contributed by atoms with van der Waals surface area (Å²) in [6.45, 7) is 4.53. The molecule has 1 aromatic heterocycles. The summed E-state index contributed by atoms with van der Waals surface area (Å²) < 4.78 is 26.8. The molecule has 0 aliphatic rings. The molecular weight excluding hydrogens is 350 g/mol. The first-order chi connectivity index (χ1) is 13.0. The normalized spacial score (nSPS) is 10.5. The van der Waals surface area contributed by atoms with Gasteiger partial charge in [0, 0.05) is 24.5 Å². The Morgan fingerprint density at radius 3 is 2.67 bits per heavy atom. The van der Waals surface area contributed by atoms with Crippen LogP contribution in [0.4, 0.5) is 26.1 Å². The molecule has 138 valence electrons. The lowest BCUT2D eigenvalue weighted by atomic mass is 10.2. The van der Waals surface area contributed by atoms with Crippen LogP contribution < -0.4 is 10.2 Å². The first kappa shape index (κ1) is 18.4. The molecule has 0 saturated carbocycles. The van der Waals surface area contributed by atoms with Crippen molar-refractivity contribution in [2.45, 2.75) is 13.8 Å². The zero-order valence-electron chi connectivity index (χ0n) is 14.9. The molecule has 3 rings (SSSR count). The van der Waals surface area contributed by atoms with Crippen molar-refractivity contribution in [2.75, 3.05) is 16.8 Å². The number of rotatable bonds is 5. The molecule has 0 unspecified atom stereocenters. The molecule has 1 heterocycles. The summed E-state index contributed by atoms with van der Waals surface area (Å²) in [5, 5.41) is 2.40. The number of halogens is 2. The van der Waals surface area contributed by atoms with E-state index in [2.05, 4.69) is 15.3 Å². The Morgan fingerprint density at radius 1 is 1.15 bits per heavy atom. The summed E-state index contributed by atoms with van der Waals surface area (Å²) in [5.41, 5.74) is 1.95. The van der Waals surface area contributed by atoms with E-state index in [-0.39, 0.29) is 11.4 Å². The van der Waals surface area contributed by atoms with Crippen LogP contribution >= 0.6 is 0 Å². The van der Waals surface area contributed by atoms with Crippen molar-refractivity contribution in [1.29, 1.82) is 0 Å². The van der Waals surface area contributed by atoms with E-state index in [4.69, 9.17) is 0 Å². The Balaban J connectivity index is 1.86. The number of amides is 1. The zero-order valence-corrected chi connectivity index (χ0v) is 14.9. The number of hydrogen-bond donors (Lipinski definition) is 1. The lowest BCUT2D eigenvalue weighted by Gasteiger charge is -2.21. The molecule has 0 fully saturated rings. The SMILES string of the molecule is CCN(c1cccc(C)c1)c1nccc(C(=O)Nc2ccc(F)cc2F)n1. The lowest BCUT2D eigenvalue weighted by Crippen LogP contribution is -2.21. The van der Waals surface area contributed by atoms with E-state index in [0.29, 0.717) is 18.6 Å². The first-order valence-electron chi connectivity index (χ1n) is 8.41. The number of aromatic nitrogens is 2. The minimum absolute atomic E-state index is 0.0785. The topological polar surface area (TPSA) is 58.1 Å². The van der Waals surface area contributed by atoms with Crippen molar-refractivity contribution in [1.82, 2.24) is 9.97 Å². The molecule has 5 nitrogen and oxygen atoms in total. The smallest absolute Gasteiger partial charge is 0.274 e. The molecule has 0 spiro atoms. The summed E-state index contributed by atoms with van der Waals surface area (Å²) in [7, 11) is 0. The van der Waals surface area contributed by atoms with Crippen LogP contribution in [0.2, 0.25) is 0 Å². The van der Waals surface area contributed by atoms with Gasteiger partial charge in [-0.25, -0.2) is 18.7 Å². The fourth-order valence-electron chi connectivity index (χ4n) is 2.62. The average molecular weight is 368 g/mol. The van der Waals surface area contributed by atoms with Crippen molar-refractivity contribution in [3.05, 3.63) is 77.6 Å². The molecule has 1 N–H and O–H groups in total. The number of anilines is 3. The van der Waals surface area contributed by atoms with Gasteiger partial charge in [-0.2, -0.15) is 0 Å². The van der Waals surface area contributed by atoms with Crippen LogP contribution in [0.5, 0.6) is 0 Å². The van der Waals surface area contributed by atoms with Gasteiger partial charge in [-0.3, -0.25) is 4.79 Å². The molecule has 2 aromatic carbocycles. The van der Waals surface area contributed by atoms with E-state index < -0.39 is 17.5 Å². The predicted molar refractivity (Wildman–Crippen MR) is 100 cm³/mol. The summed E-state index contributed by atoms with van der Waals surface area (Å²) in [6, 6.07) is 12.2. The van der Waals surface area contributed by atoms with Gasteiger partial charge in [0.2, 0.25) is 5.95 Å². The van der Waals surface area contributed by atoms with Crippen LogP contribution in [-0.4, -0.2) is 22.4 Å². The lowest BCUT2D eigenvalue weighted by molar-refractivity contribution is 0.102. The fourth-order valence-corrected chi connectivity index (χ4v) is 2.62. The Hall–Kier alpha value is -3.35. The maximum atomic E-state index is 13.8. The molecule has 27 heavy (non-hydrogen) atoms. The molecular formula is C20H18F2N4O. The van der Waals surface area contributed by atoms with Crippen molar-refractivity contribution < 1.29 is 13.6 Å². The van der Waals surface area contributed by atoms with E-state index in [1.54, 1.807) is 0 Å². The Kier molecular flexibility index (Phi) is 5.40. The number of nitrogens with one attached hydrogen (secondary N) is 1. The van der Waals surface area contributed by atoms with Crippen molar-refractivity contribution in [3.8, 4) is 0 Å². The summed E-state index contributed by atoms with van der Waals surface area (Å²) in [6.07, 6.45) is 1.47. The Bertz CT molecular complexity index is 978. The number of hydrogen-bond acceptors (Lipinski definition) is 4.